The summed E-state index contributed by atoms with van der Waals surface area (Å²) in [6.07, 6.45) is 8.57. The molecule has 0 aromatic carbocycles. The van der Waals surface area contributed by atoms with Crippen molar-refractivity contribution in [3.63, 3.8) is 0 Å². The highest BCUT2D eigenvalue weighted by Gasteiger charge is 2.15. The van der Waals surface area contributed by atoms with Gasteiger partial charge in [0, 0.05) is 5.57 Å². The molecule has 0 saturated carbocycles. The van der Waals surface area contributed by atoms with E-state index in [2.05, 4.69) is 12.8 Å². The quantitative estimate of drug-likeness (QED) is 0.498. The number of terminal acetylenes is 1. The Kier molecular flexibility index (Phi) is 2.13. The van der Waals surface area contributed by atoms with E-state index >= 15 is 0 Å². The highest BCUT2D eigenvalue weighted by Crippen LogP contribution is 2.23. The molecule has 2 unspecified atom stereocenters. The Hall–Kier alpha value is -0.740. The van der Waals surface area contributed by atoms with Gasteiger partial charge >= 0.3 is 0 Å². The molecule has 0 amide bonds. The number of aliphatic hydroxyl groups is 1. The molecule has 2 atom stereocenters. The Morgan fingerprint density at radius 3 is 2.90 bits per heavy atom. The topological polar surface area (TPSA) is 20.2 Å². The summed E-state index contributed by atoms with van der Waals surface area (Å²) in [5.41, 5.74) is 0.957. The molecular formula is C9H12O. The molecule has 1 rings (SSSR count). The van der Waals surface area contributed by atoms with Crippen LogP contribution in [-0.4, -0.2) is 11.2 Å². The van der Waals surface area contributed by atoms with E-state index in [9.17, 15) is 0 Å². The fraction of sp³-hybridized carbons (Fsp3) is 0.556. The molecule has 54 valence electrons. The monoisotopic (exact) mass is 136 g/mol. The van der Waals surface area contributed by atoms with Crippen molar-refractivity contribution in [3.8, 4) is 12.3 Å². The summed E-state index contributed by atoms with van der Waals surface area (Å²) in [5, 5.41) is 9.16. The molecule has 0 radical (unpaired) electrons. The summed E-state index contributed by atoms with van der Waals surface area (Å²) >= 11 is 0. The van der Waals surface area contributed by atoms with Crippen LogP contribution in [0.4, 0.5) is 0 Å². The molecule has 0 saturated heterocycles. The van der Waals surface area contributed by atoms with Crippen LogP contribution in [-0.2, 0) is 0 Å². The van der Waals surface area contributed by atoms with E-state index in [-0.39, 0.29) is 6.10 Å². The summed E-state index contributed by atoms with van der Waals surface area (Å²) in [5.74, 6) is 3.05. The van der Waals surface area contributed by atoms with Crippen molar-refractivity contribution in [1.29, 1.82) is 0 Å². The van der Waals surface area contributed by atoms with Crippen LogP contribution in [0.25, 0.3) is 0 Å². The van der Waals surface area contributed by atoms with Crippen LogP contribution >= 0.6 is 0 Å². The Bertz CT molecular complexity index is 185. The van der Waals surface area contributed by atoms with Crippen LogP contribution in [0.1, 0.15) is 19.8 Å². The lowest BCUT2D eigenvalue weighted by Gasteiger charge is -2.19. The predicted octanol–water partition coefficient (Wildman–Crippen LogP) is 1.34. The molecule has 0 aliphatic heterocycles. The van der Waals surface area contributed by atoms with Gasteiger partial charge in [-0.05, 0) is 24.8 Å². The van der Waals surface area contributed by atoms with Gasteiger partial charge in [-0.1, -0.05) is 12.8 Å². The molecule has 1 aliphatic carbocycles. The standard InChI is InChI=1S/C9H12O/c1-3-8-6-9(10)5-4-7(8)2/h1,6-7,9-10H,4-5H2,2H3. The van der Waals surface area contributed by atoms with Gasteiger partial charge in [0.15, 0.2) is 0 Å². The van der Waals surface area contributed by atoms with Gasteiger partial charge in [-0.15, -0.1) is 6.42 Å². The molecule has 1 N–H and O–H groups in total. The van der Waals surface area contributed by atoms with Crippen molar-refractivity contribution >= 4 is 0 Å². The first-order valence-corrected chi connectivity index (χ1v) is 3.60. The van der Waals surface area contributed by atoms with E-state index in [1.54, 1.807) is 6.08 Å². The van der Waals surface area contributed by atoms with E-state index in [0.717, 1.165) is 18.4 Å². The molecule has 0 fully saturated rings. The summed E-state index contributed by atoms with van der Waals surface area (Å²) < 4.78 is 0. The zero-order valence-corrected chi connectivity index (χ0v) is 6.17. The lowest BCUT2D eigenvalue weighted by Crippen LogP contribution is -2.14. The van der Waals surface area contributed by atoms with Crippen molar-refractivity contribution in [1.82, 2.24) is 0 Å². The Morgan fingerprint density at radius 2 is 2.40 bits per heavy atom. The minimum Gasteiger partial charge on any atom is -0.389 e. The van der Waals surface area contributed by atoms with E-state index in [1.807, 2.05) is 0 Å². The molecule has 1 heteroatoms. The number of hydrogen-bond acceptors (Lipinski definition) is 1. The third-order valence-electron chi connectivity index (χ3n) is 1.96. The smallest absolute Gasteiger partial charge is 0.0733 e. The van der Waals surface area contributed by atoms with Crippen molar-refractivity contribution in [2.75, 3.05) is 0 Å². The van der Waals surface area contributed by atoms with E-state index in [0.29, 0.717) is 5.92 Å². The second kappa shape index (κ2) is 2.90. The summed E-state index contributed by atoms with van der Waals surface area (Å²) in [6, 6.07) is 0. The molecule has 0 spiro atoms. The fourth-order valence-corrected chi connectivity index (χ4v) is 1.22. The van der Waals surface area contributed by atoms with E-state index < -0.39 is 0 Å². The molecule has 0 aromatic heterocycles. The van der Waals surface area contributed by atoms with Crippen LogP contribution in [0, 0.1) is 18.3 Å². The Balaban J connectivity index is 2.74. The van der Waals surface area contributed by atoms with Crippen LogP contribution in [0.5, 0.6) is 0 Å². The minimum atomic E-state index is -0.303. The van der Waals surface area contributed by atoms with E-state index in [4.69, 9.17) is 11.5 Å². The van der Waals surface area contributed by atoms with Crippen LogP contribution < -0.4 is 0 Å². The van der Waals surface area contributed by atoms with Crippen molar-refractivity contribution in [3.05, 3.63) is 11.6 Å². The van der Waals surface area contributed by atoms with Crippen molar-refractivity contribution in [2.45, 2.75) is 25.9 Å². The van der Waals surface area contributed by atoms with Crippen molar-refractivity contribution < 1.29 is 5.11 Å². The number of rotatable bonds is 0. The Labute approximate surface area is 61.8 Å². The number of allylic oxidation sites excluding steroid dienone is 1. The fourth-order valence-electron chi connectivity index (χ4n) is 1.22. The van der Waals surface area contributed by atoms with Gasteiger partial charge < -0.3 is 5.11 Å². The lowest BCUT2D eigenvalue weighted by molar-refractivity contribution is 0.195. The molecular weight excluding hydrogens is 124 g/mol. The van der Waals surface area contributed by atoms with Gasteiger partial charge in [0.1, 0.15) is 0 Å². The van der Waals surface area contributed by atoms with Crippen LogP contribution in [0.2, 0.25) is 0 Å². The molecule has 1 nitrogen and oxygen atoms in total. The number of aliphatic hydroxyl groups excluding tert-OH is 1. The largest absolute Gasteiger partial charge is 0.389 e. The average molecular weight is 136 g/mol. The minimum absolute atomic E-state index is 0.303. The molecule has 10 heavy (non-hydrogen) atoms. The summed E-state index contributed by atoms with van der Waals surface area (Å²) in [7, 11) is 0. The maximum Gasteiger partial charge on any atom is 0.0733 e. The second-order valence-corrected chi connectivity index (χ2v) is 2.81. The first-order valence-electron chi connectivity index (χ1n) is 3.60. The second-order valence-electron chi connectivity index (χ2n) is 2.81. The van der Waals surface area contributed by atoms with Gasteiger partial charge in [-0.25, -0.2) is 0 Å². The summed E-state index contributed by atoms with van der Waals surface area (Å²) in [6.45, 7) is 2.09. The van der Waals surface area contributed by atoms with Gasteiger partial charge in [0.25, 0.3) is 0 Å². The van der Waals surface area contributed by atoms with Gasteiger partial charge in [0.2, 0.25) is 0 Å². The SMILES string of the molecule is C#CC1=CC(O)CCC1C. The zero-order valence-electron chi connectivity index (χ0n) is 6.17. The highest BCUT2D eigenvalue weighted by atomic mass is 16.3. The van der Waals surface area contributed by atoms with Crippen LogP contribution in [0.15, 0.2) is 11.6 Å². The van der Waals surface area contributed by atoms with Gasteiger partial charge in [-0.3, -0.25) is 0 Å². The van der Waals surface area contributed by atoms with E-state index in [1.165, 1.54) is 0 Å². The average Bonchev–Trinajstić information content (AvgIpc) is 1.94. The number of hydrogen-bond donors (Lipinski definition) is 1. The third-order valence-corrected chi connectivity index (χ3v) is 1.96. The maximum atomic E-state index is 9.16. The maximum absolute atomic E-state index is 9.16. The summed E-state index contributed by atoms with van der Waals surface area (Å²) in [4.78, 5) is 0. The normalized spacial score (nSPS) is 32.7. The molecule has 1 aliphatic rings. The highest BCUT2D eigenvalue weighted by molar-refractivity contribution is 5.30. The first kappa shape index (κ1) is 7.37. The molecule has 0 bridgehead atoms. The predicted molar refractivity (Wildman–Crippen MR) is 41.3 cm³/mol. The first-order chi connectivity index (χ1) is 4.74. The zero-order chi connectivity index (χ0) is 7.56. The van der Waals surface area contributed by atoms with Gasteiger partial charge in [0.05, 0.1) is 6.10 Å². The third kappa shape index (κ3) is 1.40. The Morgan fingerprint density at radius 1 is 1.70 bits per heavy atom. The lowest BCUT2D eigenvalue weighted by atomic mass is 9.88. The van der Waals surface area contributed by atoms with Crippen molar-refractivity contribution in [2.24, 2.45) is 5.92 Å². The van der Waals surface area contributed by atoms with Gasteiger partial charge in [-0.2, -0.15) is 0 Å². The molecule has 0 heterocycles. The molecule has 0 aromatic rings. The van der Waals surface area contributed by atoms with Crippen LogP contribution in [0.3, 0.4) is 0 Å².